The molecule has 0 radical (unpaired) electrons. The van der Waals surface area contributed by atoms with Crippen molar-refractivity contribution in [2.24, 2.45) is 5.73 Å². The summed E-state index contributed by atoms with van der Waals surface area (Å²) in [6, 6.07) is 8.00. The first-order valence-electron chi connectivity index (χ1n) is 7.35. The van der Waals surface area contributed by atoms with Crippen LogP contribution in [0.5, 0.6) is 0 Å². The van der Waals surface area contributed by atoms with Crippen molar-refractivity contribution in [2.45, 2.75) is 31.1 Å². The summed E-state index contributed by atoms with van der Waals surface area (Å²) in [5, 5.41) is 0.143. The molecule has 1 unspecified atom stereocenters. The highest BCUT2D eigenvalue weighted by molar-refractivity contribution is 8.00. The van der Waals surface area contributed by atoms with Gasteiger partial charge in [0.1, 0.15) is 0 Å². The van der Waals surface area contributed by atoms with Gasteiger partial charge in [-0.05, 0) is 36.3 Å². The second-order valence-corrected chi connectivity index (χ2v) is 6.57. The maximum Gasteiger partial charge on any atom is 0.235 e. The first-order chi connectivity index (χ1) is 10.2. The van der Waals surface area contributed by atoms with Gasteiger partial charge in [-0.3, -0.25) is 4.79 Å². The molecule has 2 rings (SSSR count). The molecule has 0 saturated carbocycles. The molecule has 2 N–H and O–H groups in total. The highest BCUT2D eigenvalue weighted by Crippen LogP contribution is 2.26. The third-order valence-corrected chi connectivity index (χ3v) is 4.88. The highest BCUT2D eigenvalue weighted by atomic mass is 32.2. The Bertz CT molecular complexity index is 541. The maximum absolute atomic E-state index is 12.4. The first kappa shape index (κ1) is 15.9. The topological polar surface area (TPSA) is 46.3 Å². The summed E-state index contributed by atoms with van der Waals surface area (Å²) < 4.78 is 0. The van der Waals surface area contributed by atoms with E-state index in [1.165, 1.54) is 12.8 Å². The lowest BCUT2D eigenvalue weighted by Gasteiger charge is -2.26. The summed E-state index contributed by atoms with van der Waals surface area (Å²) in [5.41, 5.74) is 7.45. The molecule has 0 aromatic heterocycles. The Morgan fingerprint density at radius 1 is 1.48 bits per heavy atom. The molecular weight excluding hydrogens is 280 g/mol. The van der Waals surface area contributed by atoms with Crippen molar-refractivity contribution in [1.82, 2.24) is 4.90 Å². The normalized spacial score (nSPS) is 17.7. The van der Waals surface area contributed by atoms with E-state index in [-0.39, 0.29) is 11.2 Å². The summed E-state index contributed by atoms with van der Waals surface area (Å²) in [7, 11) is 1.88. The van der Waals surface area contributed by atoms with E-state index in [1.54, 1.807) is 11.8 Å². The van der Waals surface area contributed by atoms with E-state index >= 15 is 0 Å². The number of thioether (sulfide) groups is 1. The molecule has 112 valence electrons. The van der Waals surface area contributed by atoms with Crippen LogP contribution in [0.2, 0.25) is 0 Å². The van der Waals surface area contributed by atoms with Crippen LogP contribution in [0.15, 0.2) is 24.3 Å². The number of hydrogen-bond acceptors (Lipinski definition) is 3. The molecule has 3 nitrogen and oxygen atoms in total. The van der Waals surface area contributed by atoms with E-state index < -0.39 is 0 Å². The minimum absolute atomic E-state index is 0.143. The van der Waals surface area contributed by atoms with Gasteiger partial charge in [-0.2, -0.15) is 0 Å². The number of carbonyl (C=O) groups is 1. The number of carbonyl (C=O) groups excluding carboxylic acids is 1. The molecule has 1 aliphatic rings. The molecule has 1 heterocycles. The molecule has 0 aliphatic carbocycles. The van der Waals surface area contributed by atoms with Gasteiger partial charge in [0.25, 0.3) is 0 Å². The molecule has 4 heteroatoms. The van der Waals surface area contributed by atoms with Gasteiger partial charge in [0.05, 0.1) is 11.8 Å². The van der Waals surface area contributed by atoms with E-state index in [0.29, 0.717) is 13.1 Å². The SMILES string of the molecule is CN(Cc1cccc(C#CCN)c1)C(=O)C1CCCCS1. The van der Waals surface area contributed by atoms with Gasteiger partial charge >= 0.3 is 0 Å². The lowest BCUT2D eigenvalue weighted by molar-refractivity contribution is -0.130. The number of nitrogens with zero attached hydrogens (tertiary/aromatic N) is 1. The average molecular weight is 302 g/mol. The number of amides is 1. The Kier molecular flexibility index (Phi) is 6.16. The lowest BCUT2D eigenvalue weighted by Crippen LogP contribution is -2.35. The Morgan fingerprint density at radius 3 is 3.05 bits per heavy atom. The average Bonchev–Trinajstić information content (AvgIpc) is 2.53. The Morgan fingerprint density at radius 2 is 2.33 bits per heavy atom. The van der Waals surface area contributed by atoms with Gasteiger partial charge in [0.15, 0.2) is 0 Å². The molecule has 1 amide bonds. The molecule has 1 aromatic carbocycles. The summed E-state index contributed by atoms with van der Waals surface area (Å²) >= 11 is 1.80. The van der Waals surface area contributed by atoms with Gasteiger partial charge in [-0.15, -0.1) is 11.8 Å². The monoisotopic (exact) mass is 302 g/mol. The van der Waals surface area contributed by atoms with Crippen LogP contribution in [0.4, 0.5) is 0 Å². The summed E-state index contributed by atoms with van der Waals surface area (Å²) in [6.07, 6.45) is 3.41. The van der Waals surface area contributed by atoms with Crippen molar-refractivity contribution in [1.29, 1.82) is 0 Å². The fourth-order valence-electron chi connectivity index (χ4n) is 2.43. The van der Waals surface area contributed by atoms with Crippen molar-refractivity contribution in [2.75, 3.05) is 19.3 Å². The van der Waals surface area contributed by atoms with E-state index in [0.717, 1.165) is 23.3 Å². The molecule has 1 fully saturated rings. The fraction of sp³-hybridized carbons (Fsp3) is 0.471. The van der Waals surface area contributed by atoms with Crippen molar-refractivity contribution in [3.63, 3.8) is 0 Å². The van der Waals surface area contributed by atoms with E-state index in [9.17, 15) is 4.79 Å². The smallest absolute Gasteiger partial charge is 0.235 e. The van der Waals surface area contributed by atoms with E-state index in [2.05, 4.69) is 11.8 Å². The van der Waals surface area contributed by atoms with E-state index in [1.807, 2.05) is 36.2 Å². The molecule has 1 atom stereocenters. The van der Waals surface area contributed by atoms with Crippen molar-refractivity contribution in [3.05, 3.63) is 35.4 Å². The Labute approximate surface area is 131 Å². The molecule has 1 saturated heterocycles. The summed E-state index contributed by atoms with van der Waals surface area (Å²) in [5.74, 6) is 7.24. The Hall–Kier alpha value is -1.44. The summed E-state index contributed by atoms with van der Waals surface area (Å²) in [6.45, 7) is 0.996. The second kappa shape index (κ2) is 8.11. The number of benzene rings is 1. The Balaban J connectivity index is 1.98. The van der Waals surface area contributed by atoms with Crippen LogP contribution in [0.3, 0.4) is 0 Å². The van der Waals surface area contributed by atoms with Gasteiger partial charge in [-0.1, -0.05) is 30.4 Å². The van der Waals surface area contributed by atoms with Crippen LogP contribution < -0.4 is 5.73 Å². The van der Waals surface area contributed by atoms with Crippen LogP contribution in [-0.4, -0.2) is 35.4 Å². The largest absolute Gasteiger partial charge is 0.340 e. The zero-order valence-electron chi connectivity index (χ0n) is 12.5. The van der Waals surface area contributed by atoms with Gasteiger partial charge in [-0.25, -0.2) is 0 Å². The lowest BCUT2D eigenvalue weighted by atomic mass is 10.1. The zero-order chi connectivity index (χ0) is 15.1. The molecule has 1 aromatic rings. The van der Waals surface area contributed by atoms with Crippen molar-refractivity contribution in [3.8, 4) is 11.8 Å². The zero-order valence-corrected chi connectivity index (χ0v) is 13.3. The molecule has 1 aliphatic heterocycles. The van der Waals surface area contributed by atoms with Crippen LogP contribution in [0.1, 0.15) is 30.4 Å². The minimum Gasteiger partial charge on any atom is -0.340 e. The number of nitrogens with two attached hydrogens (primary N) is 1. The predicted molar refractivity (Wildman–Crippen MR) is 88.9 cm³/mol. The third kappa shape index (κ3) is 4.80. The fourth-order valence-corrected chi connectivity index (χ4v) is 3.74. The predicted octanol–water partition coefficient (Wildman–Crippen LogP) is 2.24. The second-order valence-electron chi connectivity index (χ2n) is 5.26. The van der Waals surface area contributed by atoms with Gasteiger partial charge in [0, 0.05) is 19.2 Å². The first-order valence-corrected chi connectivity index (χ1v) is 8.40. The van der Waals surface area contributed by atoms with Crippen LogP contribution in [0, 0.1) is 11.8 Å². The van der Waals surface area contributed by atoms with E-state index in [4.69, 9.17) is 5.73 Å². The van der Waals surface area contributed by atoms with Crippen molar-refractivity contribution < 1.29 is 4.79 Å². The molecule has 0 spiro atoms. The number of rotatable bonds is 3. The van der Waals surface area contributed by atoms with Crippen LogP contribution in [-0.2, 0) is 11.3 Å². The van der Waals surface area contributed by atoms with Crippen LogP contribution >= 0.6 is 11.8 Å². The quantitative estimate of drug-likeness (QED) is 0.871. The van der Waals surface area contributed by atoms with Gasteiger partial charge < -0.3 is 10.6 Å². The minimum atomic E-state index is 0.143. The molecule has 21 heavy (non-hydrogen) atoms. The standard InChI is InChI=1S/C17H22N2OS/c1-19(17(20)16-9-2-3-11-21-16)13-15-7-4-6-14(12-15)8-5-10-18/h4,6-7,12,16H,2-3,9-11,13,18H2,1H3. The van der Waals surface area contributed by atoms with Crippen LogP contribution in [0.25, 0.3) is 0 Å². The molecular formula is C17H22N2OS. The van der Waals surface area contributed by atoms with Gasteiger partial charge in [0.2, 0.25) is 5.91 Å². The third-order valence-electron chi connectivity index (χ3n) is 3.51. The number of hydrogen-bond donors (Lipinski definition) is 1. The van der Waals surface area contributed by atoms with Crippen molar-refractivity contribution >= 4 is 17.7 Å². The molecule has 0 bridgehead atoms. The summed E-state index contributed by atoms with van der Waals surface area (Å²) in [4.78, 5) is 14.3. The highest BCUT2D eigenvalue weighted by Gasteiger charge is 2.24. The maximum atomic E-state index is 12.4.